The van der Waals surface area contributed by atoms with Gasteiger partial charge in [-0.25, -0.2) is 0 Å². The lowest BCUT2D eigenvalue weighted by Gasteiger charge is -2.24. The van der Waals surface area contributed by atoms with Gasteiger partial charge in [-0.05, 0) is 42.3 Å². The minimum Gasteiger partial charge on any atom is -0.493 e. The van der Waals surface area contributed by atoms with Crippen molar-refractivity contribution >= 4 is 22.4 Å². The van der Waals surface area contributed by atoms with Crippen LogP contribution in [0.25, 0.3) is 11.0 Å². The summed E-state index contributed by atoms with van der Waals surface area (Å²) in [6.45, 7) is 3.15. The van der Waals surface area contributed by atoms with E-state index in [1.54, 1.807) is 7.11 Å². The second kappa shape index (κ2) is 11.0. The summed E-state index contributed by atoms with van der Waals surface area (Å²) in [5, 5.41) is 4.41. The van der Waals surface area contributed by atoms with Crippen LogP contribution in [0.5, 0.6) is 23.0 Å². The quantitative estimate of drug-likeness (QED) is 0.291. The zero-order valence-corrected chi connectivity index (χ0v) is 21.3. The Hall–Kier alpha value is -3.59. The number of aromatic nitrogens is 3. The van der Waals surface area contributed by atoms with E-state index < -0.39 is 6.10 Å². The van der Waals surface area contributed by atoms with Crippen molar-refractivity contribution in [3.05, 3.63) is 68.7 Å². The van der Waals surface area contributed by atoms with Crippen LogP contribution in [0.2, 0.25) is 0 Å². The largest absolute Gasteiger partial charge is 0.493 e. The van der Waals surface area contributed by atoms with Crippen molar-refractivity contribution in [1.29, 1.82) is 0 Å². The molecule has 2 aromatic heterocycles. The molecular weight excluding hydrogens is 478 g/mol. The van der Waals surface area contributed by atoms with E-state index in [0.717, 1.165) is 18.4 Å². The van der Waals surface area contributed by atoms with Gasteiger partial charge in [-0.1, -0.05) is 62.1 Å². The predicted molar refractivity (Wildman–Crippen MR) is 138 cm³/mol. The molecule has 0 N–H and O–H groups in total. The minimum atomic E-state index is -0.470. The van der Waals surface area contributed by atoms with Crippen molar-refractivity contribution in [3.63, 3.8) is 0 Å². The molecule has 0 bridgehead atoms. The molecule has 0 fully saturated rings. The smallest absolute Gasteiger partial charge is 0.291 e. The number of rotatable bonds is 10. The van der Waals surface area contributed by atoms with Gasteiger partial charge >= 0.3 is 0 Å². The van der Waals surface area contributed by atoms with Crippen molar-refractivity contribution in [1.82, 2.24) is 14.6 Å². The number of benzene rings is 2. The number of thiazole rings is 1. The highest BCUT2D eigenvalue weighted by Crippen LogP contribution is 2.35. The van der Waals surface area contributed by atoms with Crippen LogP contribution in [0.15, 0.2) is 47.3 Å². The molecule has 1 aliphatic rings. The SMILES string of the molecule is CCCCCCCOc1ccc(/C=c2/sc3nc([C@H]4COc5ccccc5O4)nn3c2=O)cc1OC. The van der Waals surface area contributed by atoms with Crippen LogP contribution >= 0.6 is 11.3 Å². The van der Waals surface area contributed by atoms with Crippen molar-refractivity contribution in [2.24, 2.45) is 0 Å². The highest BCUT2D eigenvalue weighted by molar-refractivity contribution is 7.15. The summed E-state index contributed by atoms with van der Waals surface area (Å²) >= 11 is 1.28. The van der Waals surface area contributed by atoms with E-state index in [9.17, 15) is 4.79 Å². The van der Waals surface area contributed by atoms with E-state index >= 15 is 0 Å². The fourth-order valence-electron chi connectivity index (χ4n) is 4.06. The first-order valence-corrected chi connectivity index (χ1v) is 13.1. The summed E-state index contributed by atoms with van der Waals surface area (Å²) in [7, 11) is 1.62. The molecule has 2 aromatic carbocycles. The normalized spacial score (nSPS) is 15.4. The third-order valence-corrected chi connectivity index (χ3v) is 6.94. The maximum atomic E-state index is 13.0. The Morgan fingerprint density at radius 3 is 2.75 bits per heavy atom. The minimum absolute atomic E-state index is 0.225. The molecule has 188 valence electrons. The van der Waals surface area contributed by atoms with Gasteiger partial charge in [0.25, 0.3) is 5.56 Å². The molecule has 0 aliphatic carbocycles. The Morgan fingerprint density at radius 1 is 1.11 bits per heavy atom. The molecule has 1 aliphatic heterocycles. The van der Waals surface area contributed by atoms with Gasteiger partial charge in [-0.2, -0.15) is 9.50 Å². The van der Waals surface area contributed by atoms with Crippen molar-refractivity contribution in [3.8, 4) is 23.0 Å². The molecule has 36 heavy (non-hydrogen) atoms. The van der Waals surface area contributed by atoms with E-state index in [1.807, 2.05) is 48.5 Å². The number of hydrogen-bond donors (Lipinski definition) is 0. The summed E-state index contributed by atoms with van der Waals surface area (Å²) in [5.74, 6) is 3.10. The second-order valence-electron chi connectivity index (χ2n) is 8.62. The van der Waals surface area contributed by atoms with E-state index in [4.69, 9.17) is 18.9 Å². The average molecular weight is 508 g/mol. The van der Waals surface area contributed by atoms with Crippen molar-refractivity contribution in [2.45, 2.75) is 45.1 Å². The fraction of sp³-hybridized carbons (Fsp3) is 0.370. The molecule has 0 unspecified atom stereocenters. The molecule has 3 heterocycles. The van der Waals surface area contributed by atoms with E-state index in [2.05, 4.69) is 17.0 Å². The van der Waals surface area contributed by atoms with E-state index in [-0.39, 0.29) is 12.2 Å². The summed E-state index contributed by atoms with van der Waals surface area (Å²) < 4.78 is 25.0. The molecule has 0 saturated carbocycles. The van der Waals surface area contributed by atoms with Gasteiger partial charge in [0.1, 0.15) is 6.61 Å². The Kier molecular flexibility index (Phi) is 7.36. The van der Waals surface area contributed by atoms with Crippen LogP contribution in [0.4, 0.5) is 0 Å². The Balaban J connectivity index is 1.31. The number of hydrogen-bond acceptors (Lipinski definition) is 8. The maximum absolute atomic E-state index is 13.0. The third-order valence-electron chi connectivity index (χ3n) is 5.99. The molecule has 8 nitrogen and oxygen atoms in total. The Labute approximate surface area is 213 Å². The lowest BCUT2D eigenvalue weighted by molar-refractivity contribution is 0.0852. The van der Waals surface area contributed by atoms with E-state index in [0.29, 0.717) is 44.9 Å². The van der Waals surface area contributed by atoms with Crippen LogP contribution < -0.4 is 29.0 Å². The number of nitrogens with zero attached hydrogens (tertiary/aromatic N) is 3. The van der Waals surface area contributed by atoms with Crippen LogP contribution in [0, 0.1) is 0 Å². The molecule has 0 saturated heterocycles. The van der Waals surface area contributed by atoms with E-state index in [1.165, 1.54) is 35.1 Å². The van der Waals surface area contributed by atoms with Crippen LogP contribution in [-0.4, -0.2) is 34.9 Å². The molecule has 5 rings (SSSR count). The van der Waals surface area contributed by atoms with Gasteiger partial charge in [0, 0.05) is 0 Å². The second-order valence-corrected chi connectivity index (χ2v) is 9.63. The van der Waals surface area contributed by atoms with Gasteiger partial charge in [-0.3, -0.25) is 4.79 Å². The molecule has 1 atom stereocenters. The third kappa shape index (κ3) is 5.16. The number of ether oxygens (including phenoxy) is 4. The molecule has 0 amide bonds. The highest BCUT2D eigenvalue weighted by Gasteiger charge is 2.27. The summed E-state index contributed by atoms with van der Waals surface area (Å²) in [6, 6.07) is 13.1. The topological polar surface area (TPSA) is 84.2 Å². The number of fused-ring (bicyclic) bond motifs is 2. The van der Waals surface area contributed by atoms with Gasteiger partial charge in [0.05, 0.1) is 18.2 Å². The first kappa shape index (κ1) is 24.1. The van der Waals surface area contributed by atoms with Gasteiger partial charge in [-0.15, -0.1) is 5.10 Å². The monoisotopic (exact) mass is 507 g/mol. The zero-order valence-electron chi connectivity index (χ0n) is 20.4. The van der Waals surface area contributed by atoms with Crippen molar-refractivity contribution < 1.29 is 18.9 Å². The fourth-order valence-corrected chi connectivity index (χ4v) is 4.98. The molecule has 4 aromatic rings. The first-order chi connectivity index (χ1) is 17.7. The van der Waals surface area contributed by atoms with Crippen LogP contribution in [0.1, 0.15) is 56.5 Å². The molecule has 0 spiro atoms. The average Bonchev–Trinajstić information content (AvgIpc) is 3.45. The maximum Gasteiger partial charge on any atom is 0.291 e. The molecule has 9 heteroatoms. The first-order valence-electron chi connectivity index (χ1n) is 12.3. The molecule has 0 radical (unpaired) electrons. The van der Waals surface area contributed by atoms with Gasteiger partial charge < -0.3 is 18.9 Å². The summed E-state index contributed by atoms with van der Waals surface area (Å²) in [6.07, 6.45) is 7.25. The number of methoxy groups -OCH3 is 1. The number of unbranched alkanes of at least 4 members (excludes halogenated alkanes) is 4. The lowest BCUT2D eigenvalue weighted by atomic mass is 10.1. The molecular formula is C27H29N3O5S. The Morgan fingerprint density at radius 2 is 1.94 bits per heavy atom. The standard InChI is InChI=1S/C27H29N3O5S/c1-3-4-5-6-9-14-33-20-13-12-18(15-22(20)32-2)16-24-26(31)30-27(36-24)28-25(29-30)23-17-34-19-10-7-8-11-21(19)35-23/h7-8,10-13,15-16,23H,3-6,9,14,17H2,1-2H3/b24-16+/t23-/m1/s1. The van der Waals surface area contributed by atoms with Crippen LogP contribution in [-0.2, 0) is 0 Å². The number of para-hydroxylation sites is 2. The van der Waals surface area contributed by atoms with Gasteiger partial charge in [0.15, 0.2) is 34.9 Å². The Bertz CT molecular complexity index is 1450. The van der Waals surface area contributed by atoms with Crippen LogP contribution in [0.3, 0.4) is 0 Å². The lowest BCUT2D eigenvalue weighted by Crippen LogP contribution is -2.26. The van der Waals surface area contributed by atoms with Gasteiger partial charge in [0.2, 0.25) is 4.96 Å². The predicted octanol–water partition coefficient (Wildman–Crippen LogP) is 4.57. The summed E-state index contributed by atoms with van der Waals surface area (Å²) in [4.78, 5) is 18.1. The van der Waals surface area contributed by atoms with Crippen molar-refractivity contribution in [2.75, 3.05) is 20.3 Å². The summed E-state index contributed by atoms with van der Waals surface area (Å²) in [5.41, 5.74) is 0.613. The zero-order chi connectivity index (χ0) is 24.9. The highest BCUT2D eigenvalue weighted by atomic mass is 32.1.